The molecule has 124 valence electrons. The highest BCUT2D eigenvalue weighted by Crippen LogP contribution is 2.36. The van der Waals surface area contributed by atoms with Crippen LogP contribution in [0.15, 0.2) is 72.0 Å². The van der Waals surface area contributed by atoms with Crippen molar-refractivity contribution in [3.8, 4) is 11.5 Å². The summed E-state index contributed by atoms with van der Waals surface area (Å²) in [7, 11) is 0. The molecule has 0 aliphatic carbocycles. The first kappa shape index (κ1) is 15.7. The van der Waals surface area contributed by atoms with Gasteiger partial charge in [0.15, 0.2) is 5.75 Å². The molecule has 0 spiro atoms. The zero-order chi connectivity index (χ0) is 17.1. The highest BCUT2D eigenvalue weighted by molar-refractivity contribution is 6.31. The molecule has 25 heavy (non-hydrogen) atoms. The van der Waals surface area contributed by atoms with Crippen LogP contribution in [0.4, 0.5) is 5.69 Å². The Hall–Kier alpha value is -2.85. The molecule has 0 fully saturated rings. The molecule has 1 aromatic heterocycles. The smallest absolute Gasteiger partial charge is 0.150 e. The minimum Gasteiger partial charge on any atom is -0.454 e. The molecule has 5 heteroatoms. The molecule has 0 radical (unpaired) electrons. The summed E-state index contributed by atoms with van der Waals surface area (Å²) < 4.78 is 6.04. The summed E-state index contributed by atoms with van der Waals surface area (Å²) in [6.45, 7) is 0.641. The Morgan fingerprint density at radius 2 is 1.96 bits per heavy atom. The van der Waals surface area contributed by atoms with Gasteiger partial charge in [0.25, 0.3) is 0 Å². The molecule has 1 aliphatic rings. The lowest BCUT2D eigenvalue weighted by molar-refractivity contribution is 0.486. The van der Waals surface area contributed by atoms with Gasteiger partial charge in [0, 0.05) is 24.0 Å². The summed E-state index contributed by atoms with van der Waals surface area (Å²) in [4.78, 5) is 8.90. The molecule has 4 rings (SSSR count). The third kappa shape index (κ3) is 3.49. The molecule has 0 atom stereocenters. The number of nitrogens with one attached hydrogen (secondary N) is 1. The number of anilines is 1. The third-order valence-corrected chi connectivity index (χ3v) is 4.19. The van der Waals surface area contributed by atoms with Gasteiger partial charge in [-0.05, 0) is 48.4 Å². The first-order valence-electron chi connectivity index (χ1n) is 8.07. The number of para-hydroxylation sites is 2. The van der Waals surface area contributed by atoms with Crippen LogP contribution in [0.1, 0.15) is 11.1 Å². The number of nitrogens with zero attached hydrogens (tertiary/aromatic N) is 2. The van der Waals surface area contributed by atoms with E-state index < -0.39 is 0 Å². The fourth-order valence-corrected chi connectivity index (χ4v) is 2.89. The topological polar surface area (TPSA) is 46.5 Å². The molecule has 4 nitrogen and oxygen atoms in total. The van der Waals surface area contributed by atoms with E-state index in [0.29, 0.717) is 11.6 Å². The number of aliphatic imine (C=N–C) groups is 1. The summed E-state index contributed by atoms with van der Waals surface area (Å²) in [6, 6.07) is 17.4. The second-order valence-corrected chi connectivity index (χ2v) is 6.14. The van der Waals surface area contributed by atoms with E-state index >= 15 is 0 Å². The summed E-state index contributed by atoms with van der Waals surface area (Å²) >= 11 is 6.19. The van der Waals surface area contributed by atoms with Gasteiger partial charge in [-0.15, -0.1) is 0 Å². The van der Waals surface area contributed by atoms with E-state index in [2.05, 4.69) is 16.4 Å². The van der Waals surface area contributed by atoms with E-state index in [4.69, 9.17) is 21.3 Å². The Morgan fingerprint density at radius 3 is 2.84 bits per heavy atom. The second kappa shape index (κ2) is 6.95. The Morgan fingerprint density at radius 1 is 1.04 bits per heavy atom. The molecule has 1 aliphatic heterocycles. The van der Waals surface area contributed by atoms with Crippen molar-refractivity contribution < 1.29 is 4.74 Å². The van der Waals surface area contributed by atoms with Crippen molar-refractivity contribution in [3.63, 3.8) is 0 Å². The zero-order valence-electron chi connectivity index (χ0n) is 13.4. The van der Waals surface area contributed by atoms with Crippen LogP contribution in [0.2, 0.25) is 5.02 Å². The number of hydrogen-bond acceptors (Lipinski definition) is 3. The average Bonchev–Trinajstić information content (AvgIpc) is 2.79. The predicted octanol–water partition coefficient (Wildman–Crippen LogP) is 4.94. The molecular weight excluding hydrogens is 334 g/mol. The average molecular weight is 350 g/mol. The molecular formula is C20H16ClN3O. The Kier molecular flexibility index (Phi) is 4.36. The molecule has 2 aromatic carbocycles. The van der Waals surface area contributed by atoms with E-state index in [9.17, 15) is 0 Å². The SMILES string of the molecule is Clc1ccc2c(c1)C(=NCCc1cccnc1)Nc1ccccc1O2. The molecule has 1 N–H and O–H groups in total. The number of halogens is 1. The lowest BCUT2D eigenvalue weighted by atomic mass is 10.1. The van der Waals surface area contributed by atoms with E-state index in [1.165, 1.54) is 0 Å². The van der Waals surface area contributed by atoms with E-state index in [1.54, 1.807) is 6.20 Å². The van der Waals surface area contributed by atoms with Crippen LogP contribution >= 0.6 is 11.6 Å². The van der Waals surface area contributed by atoms with Crippen LogP contribution in [0.25, 0.3) is 0 Å². The van der Waals surface area contributed by atoms with E-state index in [1.807, 2.05) is 54.7 Å². The summed E-state index contributed by atoms with van der Waals surface area (Å²) in [5, 5.41) is 4.03. The highest BCUT2D eigenvalue weighted by Gasteiger charge is 2.19. The quantitative estimate of drug-likeness (QED) is 0.728. The first-order valence-corrected chi connectivity index (χ1v) is 8.44. The highest BCUT2D eigenvalue weighted by atomic mass is 35.5. The lowest BCUT2D eigenvalue weighted by Gasteiger charge is -2.09. The first-order chi connectivity index (χ1) is 12.3. The predicted molar refractivity (Wildman–Crippen MR) is 101 cm³/mol. The maximum Gasteiger partial charge on any atom is 0.150 e. The van der Waals surface area contributed by atoms with Crippen molar-refractivity contribution in [2.75, 3.05) is 11.9 Å². The number of benzene rings is 2. The molecule has 3 aromatic rings. The van der Waals surface area contributed by atoms with Crippen molar-refractivity contribution in [1.82, 2.24) is 4.98 Å². The number of rotatable bonds is 3. The fraction of sp³-hybridized carbons (Fsp3) is 0.100. The third-order valence-electron chi connectivity index (χ3n) is 3.95. The van der Waals surface area contributed by atoms with Gasteiger partial charge in [0.2, 0.25) is 0 Å². The van der Waals surface area contributed by atoms with Crippen LogP contribution in [-0.4, -0.2) is 17.4 Å². The molecule has 0 unspecified atom stereocenters. The number of aromatic nitrogens is 1. The Balaban J connectivity index is 1.67. The minimum absolute atomic E-state index is 0.641. The normalized spacial score (nSPS) is 14.0. The Labute approximate surface area is 151 Å². The van der Waals surface area contributed by atoms with Crippen molar-refractivity contribution in [1.29, 1.82) is 0 Å². The van der Waals surface area contributed by atoms with E-state index in [-0.39, 0.29) is 0 Å². The van der Waals surface area contributed by atoms with Crippen LogP contribution < -0.4 is 10.1 Å². The fourth-order valence-electron chi connectivity index (χ4n) is 2.72. The maximum atomic E-state index is 6.19. The minimum atomic E-state index is 0.641. The number of hydrogen-bond donors (Lipinski definition) is 1. The maximum absolute atomic E-state index is 6.19. The number of amidine groups is 1. The van der Waals surface area contributed by atoms with Crippen LogP contribution in [0.3, 0.4) is 0 Å². The monoisotopic (exact) mass is 349 g/mol. The van der Waals surface area contributed by atoms with Crippen molar-refractivity contribution >= 4 is 23.1 Å². The van der Waals surface area contributed by atoms with Crippen molar-refractivity contribution in [3.05, 3.63) is 83.1 Å². The molecule has 0 saturated heterocycles. The number of pyridine rings is 1. The van der Waals surface area contributed by atoms with Gasteiger partial charge in [-0.3, -0.25) is 9.98 Å². The standard InChI is InChI=1S/C20H16ClN3O/c21-15-7-8-18-16(12-15)20(23-11-9-14-4-3-10-22-13-14)24-17-5-1-2-6-19(17)25-18/h1-8,10,12-13H,9,11H2,(H,23,24). The van der Waals surface area contributed by atoms with Crippen molar-refractivity contribution in [2.24, 2.45) is 4.99 Å². The van der Waals surface area contributed by atoms with E-state index in [0.717, 1.165) is 40.6 Å². The van der Waals surface area contributed by atoms with Gasteiger partial charge in [0.1, 0.15) is 11.6 Å². The van der Waals surface area contributed by atoms with Gasteiger partial charge < -0.3 is 10.1 Å². The Bertz CT molecular complexity index is 925. The lowest BCUT2D eigenvalue weighted by Crippen LogP contribution is -2.13. The van der Waals surface area contributed by atoms with Gasteiger partial charge >= 0.3 is 0 Å². The largest absolute Gasteiger partial charge is 0.454 e. The molecule has 0 bridgehead atoms. The second-order valence-electron chi connectivity index (χ2n) is 5.71. The summed E-state index contributed by atoms with van der Waals surface area (Å²) in [5.74, 6) is 2.26. The number of ether oxygens (including phenoxy) is 1. The molecule has 0 amide bonds. The molecule has 2 heterocycles. The van der Waals surface area contributed by atoms with Crippen molar-refractivity contribution in [2.45, 2.75) is 6.42 Å². The molecule has 0 saturated carbocycles. The van der Waals surface area contributed by atoms with Gasteiger partial charge in [0.05, 0.1) is 11.3 Å². The van der Waals surface area contributed by atoms with Gasteiger partial charge in [-0.1, -0.05) is 29.8 Å². The van der Waals surface area contributed by atoms with Crippen LogP contribution in [0, 0.1) is 0 Å². The summed E-state index contributed by atoms with van der Waals surface area (Å²) in [6.07, 6.45) is 4.45. The van der Waals surface area contributed by atoms with Crippen LogP contribution in [-0.2, 0) is 6.42 Å². The van der Waals surface area contributed by atoms with Crippen LogP contribution in [0.5, 0.6) is 11.5 Å². The zero-order valence-corrected chi connectivity index (χ0v) is 14.2. The van der Waals surface area contributed by atoms with Gasteiger partial charge in [-0.25, -0.2) is 0 Å². The van der Waals surface area contributed by atoms with Gasteiger partial charge in [-0.2, -0.15) is 0 Å². The summed E-state index contributed by atoms with van der Waals surface area (Å²) in [5.41, 5.74) is 2.90. The number of fused-ring (bicyclic) bond motifs is 2.